The molecule has 2 heterocycles. The molecule has 1 amide bonds. The van der Waals surface area contributed by atoms with Crippen molar-refractivity contribution >= 4 is 17.4 Å². The van der Waals surface area contributed by atoms with Crippen LogP contribution in [0.3, 0.4) is 0 Å². The van der Waals surface area contributed by atoms with E-state index >= 15 is 0 Å². The SMILES string of the molecule is Cc1ccc(N2C(=O)[C@H](CCC(=O)c3ccccc3)[C@H]2c2ccc(C[C@@H]3O[C@H](CO)[C@@H](O)[C@H](O)[C@H]3O)cc2)cc1. The van der Waals surface area contributed by atoms with Gasteiger partial charge in [-0.15, -0.1) is 0 Å². The van der Waals surface area contributed by atoms with E-state index < -0.39 is 37.1 Å². The predicted octanol–water partition coefficient (Wildman–Crippen LogP) is 2.75. The van der Waals surface area contributed by atoms with Gasteiger partial charge in [-0.2, -0.15) is 0 Å². The van der Waals surface area contributed by atoms with Crippen LogP contribution in [0, 0.1) is 12.8 Å². The molecule has 0 spiro atoms. The number of carbonyl (C=O) groups is 2. The van der Waals surface area contributed by atoms with Gasteiger partial charge in [0.1, 0.15) is 24.4 Å². The van der Waals surface area contributed by atoms with E-state index in [0.29, 0.717) is 12.0 Å². The molecule has 0 radical (unpaired) electrons. The third kappa shape index (κ3) is 5.59. The van der Waals surface area contributed by atoms with Gasteiger partial charge >= 0.3 is 0 Å². The predicted molar refractivity (Wildman–Crippen MR) is 149 cm³/mol. The molecule has 0 bridgehead atoms. The molecule has 8 nitrogen and oxygen atoms in total. The summed E-state index contributed by atoms with van der Waals surface area (Å²) in [6, 6.07) is 24.3. The van der Waals surface area contributed by atoms with E-state index in [0.717, 1.165) is 22.4 Å². The summed E-state index contributed by atoms with van der Waals surface area (Å²) >= 11 is 0. The Kier molecular flexibility index (Phi) is 8.44. The minimum Gasteiger partial charge on any atom is -0.394 e. The third-order valence-electron chi connectivity index (χ3n) is 8.05. The number of nitrogens with zero attached hydrogens (tertiary/aromatic N) is 1. The number of hydrogen-bond donors (Lipinski definition) is 4. The van der Waals surface area contributed by atoms with Crippen molar-refractivity contribution in [1.82, 2.24) is 0 Å². The molecule has 0 aromatic heterocycles. The van der Waals surface area contributed by atoms with Gasteiger partial charge in [0.2, 0.25) is 5.91 Å². The summed E-state index contributed by atoms with van der Waals surface area (Å²) in [7, 11) is 0. The highest BCUT2D eigenvalue weighted by molar-refractivity contribution is 6.04. The van der Waals surface area contributed by atoms with Crippen molar-refractivity contribution in [2.24, 2.45) is 5.92 Å². The maximum Gasteiger partial charge on any atom is 0.233 e. The monoisotopic (exact) mass is 545 g/mol. The number of aryl methyl sites for hydroxylation is 1. The first kappa shape index (κ1) is 28.1. The Morgan fingerprint density at radius 2 is 1.50 bits per heavy atom. The second kappa shape index (κ2) is 12.0. The topological polar surface area (TPSA) is 128 Å². The lowest BCUT2D eigenvalue weighted by atomic mass is 9.78. The minimum atomic E-state index is -1.42. The van der Waals surface area contributed by atoms with Gasteiger partial charge in [0.15, 0.2) is 5.78 Å². The first-order chi connectivity index (χ1) is 19.3. The van der Waals surface area contributed by atoms with Crippen LogP contribution in [-0.4, -0.2) is 69.2 Å². The molecule has 210 valence electrons. The van der Waals surface area contributed by atoms with Crippen molar-refractivity contribution in [2.45, 2.75) is 62.7 Å². The molecule has 0 unspecified atom stereocenters. The molecule has 3 aromatic rings. The van der Waals surface area contributed by atoms with Gasteiger partial charge < -0.3 is 30.1 Å². The molecule has 7 atom stereocenters. The van der Waals surface area contributed by atoms with E-state index in [4.69, 9.17) is 4.74 Å². The van der Waals surface area contributed by atoms with Crippen LogP contribution in [-0.2, 0) is 16.0 Å². The number of anilines is 1. The van der Waals surface area contributed by atoms with Gasteiger partial charge in [0.05, 0.1) is 24.7 Å². The fraction of sp³-hybridized carbons (Fsp3) is 0.375. The summed E-state index contributed by atoms with van der Waals surface area (Å²) in [5, 5.41) is 40.1. The number of ketones is 1. The summed E-state index contributed by atoms with van der Waals surface area (Å²) in [5.41, 5.74) is 4.29. The highest BCUT2D eigenvalue weighted by Gasteiger charge is 2.48. The third-order valence-corrected chi connectivity index (χ3v) is 8.05. The number of benzene rings is 3. The Hall–Kier alpha value is -3.40. The molecule has 2 aliphatic heterocycles. The molecule has 40 heavy (non-hydrogen) atoms. The molecule has 0 saturated carbocycles. The maximum atomic E-state index is 13.4. The molecule has 2 fully saturated rings. The quantitative estimate of drug-likeness (QED) is 0.241. The molecule has 0 aliphatic carbocycles. The van der Waals surface area contributed by atoms with Gasteiger partial charge in [0.25, 0.3) is 0 Å². The number of Topliss-reactive ketones (excluding diaryl/α,β-unsaturated/α-hetero) is 1. The van der Waals surface area contributed by atoms with Crippen molar-refractivity contribution in [3.63, 3.8) is 0 Å². The zero-order valence-electron chi connectivity index (χ0n) is 22.3. The second-order valence-corrected chi connectivity index (χ2v) is 10.7. The van der Waals surface area contributed by atoms with E-state index in [9.17, 15) is 30.0 Å². The number of ether oxygens (including phenoxy) is 1. The van der Waals surface area contributed by atoms with Crippen LogP contribution in [0.25, 0.3) is 0 Å². The van der Waals surface area contributed by atoms with Crippen molar-refractivity contribution < 1.29 is 34.8 Å². The van der Waals surface area contributed by atoms with Crippen LogP contribution >= 0.6 is 0 Å². The molecular weight excluding hydrogens is 510 g/mol. The summed E-state index contributed by atoms with van der Waals surface area (Å²) < 4.78 is 5.66. The van der Waals surface area contributed by atoms with E-state index in [1.165, 1.54) is 0 Å². The lowest BCUT2D eigenvalue weighted by Gasteiger charge is -2.47. The van der Waals surface area contributed by atoms with E-state index in [1.54, 1.807) is 17.0 Å². The average Bonchev–Trinajstić information content (AvgIpc) is 2.98. The maximum absolute atomic E-state index is 13.4. The smallest absolute Gasteiger partial charge is 0.233 e. The molecule has 2 saturated heterocycles. The Labute approximate surface area is 233 Å². The number of aliphatic hydroxyl groups excluding tert-OH is 4. The lowest BCUT2D eigenvalue weighted by molar-refractivity contribution is -0.228. The Balaban J connectivity index is 1.34. The van der Waals surface area contributed by atoms with E-state index in [1.807, 2.05) is 73.7 Å². The summed E-state index contributed by atoms with van der Waals surface area (Å²) in [6.07, 6.45) is -4.89. The molecule has 8 heteroatoms. The Bertz CT molecular complexity index is 1310. The van der Waals surface area contributed by atoms with Crippen molar-refractivity contribution in [1.29, 1.82) is 0 Å². The largest absolute Gasteiger partial charge is 0.394 e. The summed E-state index contributed by atoms with van der Waals surface area (Å²) in [6.45, 7) is 1.52. The zero-order valence-corrected chi connectivity index (χ0v) is 22.3. The molecular formula is C32H35NO7. The first-order valence-electron chi connectivity index (χ1n) is 13.7. The van der Waals surface area contributed by atoms with E-state index in [-0.39, 0.29) is 36.5 Å². The van der Waals surface area contributed by atoms with Crippen molar-refractivity contribution in [3.05, 3.63) is 101 Å². The normalized spacial score (nSPS) is 28.3. The number of carbonyl (C=O) groups excluding carboxylic acids is 2. The Morgan fingerprint density at radius 3 is 2.15 bits per heavy atom. The molecule has 2 aliphatic rings. The minimum absolute atomic E-state index is 0.0100. The van der Waals surface area contributed by atoms with Crippen molar-refractivity contribution in [3.8, 4) is 0 Å². The number of aliphatic hydroxyl groups is 4. The summed E-state index contributed by atoms with van der Waals surface area (Å²) in [4.78, 5) is 27.9. The highest BCUT2D eigenvalue weighted by atomic mass is 16.5. The highest BCUT2D eigenvalue weighted by Crippen LogP contribution is 2.45. The summed E-state index contributed by atoms with van der Waals surface area (Å²) in [5.74, 6) is -0.346. The van der Waals surface area contributed by atoms with Gasteiger partial charge in [-0.05, 0) is 36.6 Å². The zero-order chi connectivity index (χ0) is 28.4. The number of amides is 1. The van der Waals surface area contributed by atoms with Gasteiger partial charge in [0, 0.05) is 24.1 Å². The molecule has 5 rings (SSSR count). The van der Waals surface area contributed by atoms with Gasteiger partial charge in [-0.1, -0.05) is 72.3 Å². The van der Waals surface area contributed by atoms with Crippen LogP contribution in [0.2, 0.25) is 0 Å². The van der Waals surface area contributed by atoms with Crippen LogP contribution in [0.1, 0.15) is 45.9 Å². The molecule has 4 N–H and O–H groups in total. The standard InChI is InChI=1S/C32H35NO7/c1-19-7-13-23(14-8-19)33-28(24(32(33)39)15-16-25(35)21-5-3-2-4-6-21)22-11-9-20(10-12-22)17-26-29(36)31(38)30(37)27(18-34)40-26/h2-14,24,26-31,34,36-38H,15-18H2,1H3/t24-,26+,27-,28-,29+,30-,31-/m1/s1. The number of rotatable bonds is 9. The lowest BCUT2D eigenvalue weighted by Crippen LogP contribution is -2.59. The van der Waals surface area contributed by atoms with Crippen LogP contribution in [0.4, 0.5) is 5.69 Å². The number of β-lactam (4-membered cyclic amide) rings is 1. The van der Waals surface area contributed by atoms with Crippen LogP contribution in [0.15, 0.2) is 78.9 Å². The van der Waals surface area contributed by atoms with Crippen LogP contribution < -0.4 is 4.90 Å². The van der Waals surface area contributed by atoms with Gasteiger partial charge in [-0.3, -0.25) is 9.59 Å². The fourth-order valence-electron chi connectivity index (χ4n) is 5.69. The number of hydrogen-bond acceptors (Lipinski definition) is 7. The van der Waals surface area contributed by atoms with E-state index in [2.05, 4.69) is 0 Å². The average molecular weight is 546 g/mol. The van der Waals surface area contributed by atoms with Crippen LogP contribution in [0.5, 0.6) is 0 Å². The van der Waals surface area contributed by atoms with Gasteiger partial charge in [-0.25, -0.2) is 0 Å². The van der Waals surface area contributed by atoms with Crippen molar-refractivity contribution in [2.75, 3.05) is 11.5 Å². The fourth-order valence-corrected chi connectivity index (χ4v) is 5.69. The Morgan fingerprint density at radius 1 is 0.850 bits per heavy atom. The first-order valence-corrected chi connectivity index (χ1v) is 13.7. The molecule has 3 aromatic carbocycles. The second-order valence-electron chi connectivity index (χ2n) is 10.7.